The van der Waals surface area contributed by atoms with Crippen LogP contribution in [0.2, 0.25) is 5.02 Å². The minimum absolute atomic E-state index is 0.110. The average Bonchev–Trinajstić information content (AvgIpc) is 2.08. The summed E-state index contributed by atoms with van der Waals surface area (Å²) in [5.74, 6) is -0.804. The van der Waals surface area contributed by atoms with Crippen LogP contribution in [0.3, 0.4) is 0 Å². The van der Waals surface area contributed by atoms with Gasteiger partial charge in [-0.2, -0.15) is 0 Å². The summed E-state index contributed by atoms with van der Waals surface area (Å²) < 4.78 is 0.987. The van der Waals surface area contributed by atoms with E-state index in [2.05, 4.69) is 27.9 Å². The first kappa shape index (κ1) is 11.6. The molecule has 0 unspecified atom stereocenters. The van der Waals surface area contributed by atoms with Gasteiger partial charge in [-0.1, -0.05) is 11.6 Å². The van der Waals surface area contributed by atoms with E-state index in [0.717, 1.165) is 9.26 Å². The average molecular weight is 326 g/mol. The van der Waals surface area contributed by atoms with Crippen LogP contribution in [-0.4, -0.2) is 17.6 Å². The maximum atomic E-state index is 10.3. The summed E-state index contributed by atoms with van der Waals surface area (Å²) in [6.45, 7) is 0.424. The van der Waals surface area contributed by atoms with Gasteiger partial charge in [0.1, 0.15) is 0 Å². The zero-order valence-corrected chi connectivity index (χ0v) is 10.2. The van der Waals surface area contributed by atoms with Gasteiger partial charge in [-0.05, 0) is 40.8 Å². The zero-order chi connectivity index (χ0) is 10.6. The number of aliphatic carboxylic acids is 1. The van der Waals surface area contributed by atoms with Gasteiger partial charge in [0.25, 0.3) is 0 Å². The van der Waals surface area contributed by atoms with E-state index in [1.165, 1.54) is 0 Å². The zero-order valence-electron chi connectivity index (χ0n) is 7.26. The maximum absolute atomic E-state index is 10.3. The highest BCUT2D eigenvalue weighted by molar-refractivity contribution is 14.1. The van der Waals surface area contributed by atoms with Crippen molar-refractivity contribution in [3.63, 3.8) is 0 Å². The van der Waals surface area contributed by atoms with Crippen LogP contribution >= 0.6 is 34.2 Å². The van der Waals surface area contributed by atoms with Gasteiger partial charge in [0.05, 0.1) is 6.42 Å². The predicted molar refractivity (Wildman–Crippen MR) is 64.9 cm³/mol. The number of anilines is 1. The van der Waals surface area contributed by atoms with E-state index in [1.54, 1.807) is 6.07 Å². The first-order valence-electron chi connectivity index (χ1n) is 4.00. The highest BCUT2D eigenvalue weighted by Crippen LogP contribution is 2.21. The van der Waals surface area contributed by atoms with Crippen LogP contribution in [0.4, 0.5) is 5.69 Å². The molecule has 1 aromatic carbocycles. The first-order chi connectivity index (χ1) is 6.59. The quantitative estimate of drug-likeness (QED) is 0.837. The van der Waals surface area contributed by atoms with Crippen LogP contribution < -0.4 is 5.32 Å². The Hall–Kier alpha value is -0.490. The second kappa shape index (κ2) is 5.41. The van der Waals surface area contributed by atoms with Gasteiger partial charge in [-0.15, -0.1) is 0 Å². The molecule has 0 aliphatic heterocycles. The van der Waals surface area contributed by atoms with Crippen LogP contribution in [0.15, 0.2) is 18.2 Å². The predicted octanol–water partition coefficient (Wildman–Crippen LogP) is 2.83. The highest BCUT2D eigenvalue weighted by atomic mass is 127. The summed E-state index contributed by atoms with van der Waals surface area (Å²) in [5.41, 5.74) is 0.913. The number of benzene rings is 1. The summed E-state index contributed by atoms with van der Waals surface area (Å²) in [7, 11) is 0. The number of carboxylic acid groups (broad SMARTS) is 1. The van der Waals surface area contributed by atoms with Gasteiger partial charge >= 0.3 is 5.97 Å². The molecule has 76 valence electrons. The van der Waals surface area contributed by atoms with E-state index >= 15 is 0 Å². The van der Waals surface area contributed by atoms with Crippen molar-refractivity contribution in [2.45, 2.75) is 6.42 Å². The molecule has 0 saturated carbocycles. The third kappa shape index (κ3) is 3.71. The molecule has 0 radical (unpaired) electrons. The largest absolute Gasteiger partial charge is 0.481 e. The van der Waals surface area contributed by atoms with Crippen molar-refractivity contribution in [3.05, 3.63) is 26.8 Å². The Bertz CT molecular complexity index is 344. The van der Waals surface area contributed by atoms with Crippen molar-refractivity contribution in [1.29, 1.82) is 0 Å². The SMILES string of the molecule is O=C(O)CCNc1ccc(Cl)cc1I. The molecule has 5 heteroatoms. The number of hydrogen-bond donors (Lipinski definition) is 2. The van der Waals surface area contributed by atoms with Crippen molar-refractivity contribution >= 4 is 45.8 Å². The van der Waals surface area contributed by atoms with Crippen molar-refractivity contribution in [3.8, 4) is 0 Å². The van der Waals surface area contributed by atoms with E-state index in [0.29, 0.717) is 11.6 Å². The summed E-state index contributed by atoms with van der Waals surface area (Å²) in [6, 6.07) is 5.43. The van der Waals surface area contributed by atoms with Gasteiger partial charge < -0.3 is 10.4 Å². The van der Waals surface area contributed by atoms with E-state index in [9.17, 15) is 4.79 Å². The third-order valence-corrected chi connectivity index (χ3v) is 2.71. The Labute approximate surface area is 101 Å². The number of hydrogen-bond acceptors (Lipinski definition) is 2. The molecule has 1 aromatic rings. The van der Waals surface area contributed by atoms with Gasteiger partial charge in [0.2, 0.25) is 0 Å². The number of nitrogens with one attached hydrogen (secondary N) is 1. The summed E-state index contributed by atoms with van der Waals surface area (Å²) >= 11 is 7.92. The molecule has 0 bridgehead atoms. The Morgan fingerprint density at radius 1 is 1.57 bits per heavy atom. The van der Waals surface area contributed by atoms with E-state index < -0.39 is 5.97 Å². The minimum atomic E-state index is -0.804. The highest BCUT2D eigenvalue weighted by Gasteiger charge is 2.01. The molecule has 3 nitrogen and oxygen atoms in total. The monoisotopic (exact) mass is 325 g/mol. The van der Waals surface area contributed by atoms with Crippen LogP contribution in [-0.2, 0) is 4.79 Å². The second-order valence-corrected chi connectivity index (χ2v) is 4.29. The van der Waals surface area contributed by atoms with Crippen LogP contribution in [0.5, 0.6) is 0 Å². The van der Waals surface area contributed by atoms with Crippen LogP contribution in [0, 0.1) is 3.57 Å². The molecule has 0 atom stereocenters. The molecule has 0 amide bonds. The molecule has 2 N–H and O–H groups in total. The summed E-state index contributed by atoms with van der Waals surface area (Å²) in [6.07, 6.45) is 0.110. The first-order valence-corrected chi connectivity index (χ1v) is 5.46. The second-order valence-electron chi connectivity index (χ2n) is 2.69. The van der Waals surface area contributed by atoms with Crippen LogP contribution in [0.25, 0.3) is 0 Å². The molecular formula is C9H9ClINO2. The lowest BCUT2D eigenvalue weighted by atomic mass is 10.3. The van der Waals surface area contributed by atoms with E-state index in [4.69, 9.17) is 16.7 Å². The molecule has 0 aliphatic rings. The fourth-order valence-corrected chi connectivity index (χ4v) is 2.00. The molecule has 14 heavy (non-hydrogen) atoms. The molecule has 0 aliphatic carbocycles. The molecule has 0 fully saturated rings. The standard InChI is InChI=1S/C9H9ClINO2/c10-6-1-2-8(7(11)5-6)12-4-3-9(13)14/h1-2,5,12H,3-4H2,(H,13,14). The summed E-state index contributed by atoms with van der Waals surface area (Å²) in [5, 5.41) is 12.1. The fourth-order valence-electron chi connectivity index (χ4n) is 0.937. The Morgan fingerprint density at radius 3 is 2.86 bits per heavy atom. The molecule has 0 heterocycles. The van der Waals surface area contributed by atoms with Gasteiger partial charge in [0, 0.05) is 20.8 Å². The normalized spacial score (nSPS) is 9.86. The number of rotatable bonds is 4. The smallest absolute Gasteiger partial charge is 0.305 e. The molecular weight excluding hydrogens is 316 g/mol. The molecule has 0 saturated heterocycles. The topological polar surface area (TPSA) is 49.3 Å². The van der Waals surface area contributed by atoms with Crippen molar-refractivity contribution in [2.75, 3.05) is 11.9 Å². The number of halogens is 2. The third-order valence-electron chi connectivity index (χ3n) is 1.59. The summed E-state index contributed by atoms with van der Waals surface area (Å²) in [4.78, 5) is 10.3. The maximum Gasteiger partial charge on any atom is 0.305 e. The number of carboxylic acids is 1. The van der Waals surface area contributed by atoms with E-state index in [-0.39, 0.29) is 6.42 Å². The Kier molecular flexibility index (Phi) is 4.47. The lowest BCUT2D eigenvalue weighted by Gasteiger charge is -2.06. The van der Waals surface area contributed by atoms with Gasteiger partial charge in [-0.25, -0.2) is 0 Å². The molecule has 0 aromatic heterocycles. The van der Waals surface area contributed by atoms with Crippen LogP contribution in [0.1, 0.15) is 6.42 Å². The van der Waals surface area contributed by atoms with Crippen molar-refractivity contribution < 1.29 is 9.90 Å². The number of carbonyl (C=O) groups is 1. The van der Waals surface area contributed by atoms with E-state index in [1.807, 2.05) is 12.1 Å². The fraction of sp³-hybridized carbons (Fsp3) is 0.222. The molecule has 1 rings (SSSR count). The van der Waals surface area contributed by atoms with Crippen molar-refractivity contribution in [2.24, 2.45) is 0 Å². The lowest BCUT2D eigenvalue weighted by molar-refractivity contribution is -0.136. The van der Waals surface area contributed by atoms with Crippen molar-refractivity contribution in [1.82, 2.24) is 0 Å². The Balaban J connectivity index is 2.55. The minimum Gasteiger partial charge on any atom is -0.481 e. The Morgan fingerprint density at radius 2 is 2.29 bits per heavy atom. The van der Waals surface area contributed by atoms with Gasteiger partial charge in [0.15, 0.2) is 0 Å². The lowest BCUT2D eigenvalue weighted by Crippen LogP contribution is -2.08. The van der Waals surface area contributed by atoms with Gasteiger partial charge in [-0.3, -0.25) is 4.79 Å². The molecule has 0 spiro atoms.